The second-order valence-electron chi connectivity index (χ2n) is 9.80. The maximum Gasteiger partial charge on any atom is 0.410 e. The molecule has 1 aromatic rings. The van der Waals surface area contributed by atoms with Crippen molar-refractivity contribution >= 4 is 18.0 Å². The van der Waals surface area contributed by atoms with Gasteiger partial charge in [-0.2, -0.15) is 0 Å². The molecule has 2 aliphatic rings. The summed E-state index contributed by atoms with van der Waals surface area (Å²) in [4.78, 5) is 41.9. The van der Waals surface area contributed by atoms with Crippen LogP contribution in [0.25, 0.3) is 0 Å². The van der Waals surface area contributed by atoms with Crippen LogP contribution >= 0.6 is 0 Å². The average Bonchev–Trinajstić information content (AvgIpc) is 3.13. The highest BCUT2D eigenvalue weighted by atomic mass is 16.6. The van der Waals surface area contributed by atoms with E-state index in [0.717, 1.165) is 18.4 Å². The summed E-state index contributed by atoms with van der Waals surface area (Å²) < 4.78 is 11.0. The van der Waals surface area contributed by atoms with Crippen LogP contribution in [0, 0.1) is 11.8 Å². The van der Waals surface area contributed by atoms with E-state index in [1.807, 2.05) is 56.0 Å². The molecular weight excluding hydrogens is 408 g/mol. The molecule has 2 aliphatic heterocycles. The molecule has 2 heterocycles. The first kappa shape index (κ1) is 24.1. The summed E-state index contributed by atoms with van der Waals surface area (Å²) >= 11 is 0. The zero-order valence-corrected chi connectivity index (χ0v) is 19.7. The fraction of sp³-hybridized carbons (Fsp3) is 0.640. The first-order valence-corrected chi connectivity index (χ1v) is 11.7. The minimum absolute atomic E-state index is 0.0352. The molecular formula is C25H36N2O5. The molecule has 7 nitrogen and oxygen atoms in total. The average molecular weight is 445 g/mol. The summed E-state index contributed by atoms with van der Waals surface area (Å²) in [5, 5.41) is 0. The molecule has 0 radical (unpaired) electrons. The highest BCUT2D eigenvalue weighted by molar-refractivity contribution is 5.99. The SMILES string of the molecule is CCC[C@H]1CN(C(=O)OC(C)(C)C)CC[C@@H]1N1CCC(C(=O)OCc2ccccc2)C1=O. The van der Waals surface area contributed by atoms with E-state index < -0.39 is 17.5 Å². The number of carbonyl (C=O) groups is 3. The molecule has 3 atom stereocenters. The van der Waals surface area contributed by atoms with Gasteiger partial charge in [-0.1, -0.05) is 43.7 Å². The Balaban J connectivity index is 1.60. The van der Waals surface area contributed by atoms with Gasteiger partial charge in [0.2, 0.25) is 5.91 Å². The minimum atomic E-state index is -0.732. The third kappa shape index (κ3) is 6.02. The Hall–Kier alpha value is -2.57. The van der Waals surface area contributed by atoms with Crippen LogP contribution in [0.2, 0.25) is 0 Å². The van der Waals surface area contributed by atoms with Crippen molar-refractivity contribution in [2.24, 2.45) is 11.8 Å². The van der Waals surface area contributed by atoms with Crippen molar-refractivity contribution < 1.29 is 23.9 Å². The molecule has 2 fully saturated rings. The largest absolute Gasteiger partial charge is 0.460 e. The number of ether oxygens (including phenoxy) is 2. The van der Waals surface area contributed by atoms with Gasteiger partial charge in [0.25, 0.3) is 0 Å². The highest BCUT2D eigenvalue weighted by Crippen LogP contribution is 2.32. The van der Waals surface area contributed by atoms with Crippen LogP contribution in [0.4, 0.5) is 4.79 Å². The maximum atomic E-state index is 13.1. The zero-order chi connectivity index (χ0) is 23.3. The van der Waals surface area contributed by atoms with Gasteiger partial charge >= 0.3 is 12.1 Å². The van der Waals surface area contributed by atoms with E-state index >= 15 is 0 Å². The fourth-order valence-electron chi connectivity index (χ4n) is 4.66. The molecule has 0 aromatic heterocycles. The first-order valence-electron chi connectivity index (χ1n) is 11.7. The van der Waals surface area contributed by atoms with Crippen molar-refractivity contribution in [3.63, 3.8) is 0 Å². The van der Waals surface area contributed by atoms with Gasteiger partial charge in [0, 0.05) is 25.7 Å². The van der Waals surface area contributed by atoms with E-state index in [-0.39, 0.29) is 30.6 Å². The predicted octanol–water partition coefficient (Wildman–Crippen LogP) is 4.00. The topological polar surface area (TPSA) is 76.2 Å². The van der Waals surface area contributed by atoms with Crippen molar-refractivity contribution in [3.8, 4) is 0 Å². The summed E-state index contributed by atoms with van der Waals surface area (Å²) in [6.45, 7) is 9.55. The minimum Gasteiger partial charge on any atom is -0.460 e. The Labute approximate surface area is 191 Å². The fourth-order valence-corrected chi connectivity index (χ4v) is 4.66. The lowest BCUT2D eigenvalue weighted by Crippen LogP contribution is -2.54. The highest BCUT2D eigenvalue weighted by Gasteiger charge is 2.45. The molecule has 0 aliphatic carbocycles. The van der Waals surface area contributed by atoms with Gasteiger partial charge in [0.05, 0.1) is 0 Å². The molecule has 0 saturated carbocycles. The number of benzene rings is 1. The van der Waals surface area contributed by atoms with Crippen molar-refractivity contribution in [1.82, 2.24) is 9.80 Å². The summed E-state index contributed by atoms with van der Waals surface area (Å²) in [6, 6.07) is 9.51. The molecule has 2 amide bonds. The van der Waals surface area contributed by atoms with Gasteiger partial charge in [0.1, 0.15) is 18.1 Å². The Kier molecular flexibility index (Phi) is 7.80. The Morgan fingerprint density at radius 1 is 1.09 bits per heavy atom. The van der Waals surface area contributed by atoms with Crippen LogP contribution < -0.4 is 0 Å². The monoisotopic (exact) mass is 444 g/mol. The molecule has 0 bridgehead atoms. The number of likely N-dealkylation sites (tertiary alicyclic amines) is 2. The van der Waals surface area contributed by atoms with E-state index in [4.69, 9.17) is 9.47 Å². The quantitative estimate of drug-likeness (QED) is 0.490. The summed E-state index contributed by atoms with van der Waals surface area (Å²) in [5.41, 5.74) is 0.368. The molecule has 2 saturated heterocycles. The number of piperidine rings is 1. The van der Waals surface area contributed by atoms with Gasteiger partial charge in [-0.15, -0.1) is 0 Å². The maximum absolute atomic E-state index is 13.1. The molecule has 1 unspecified atom stereocenters. The molecule has 3 rings (SSSR count). The third-order valence-corrected chi connectivity index (χ3v) is 6.15. The lowest BCUT2D eigenvalue weighted by atomic mass is 9.87. The normalized spacial score (nSPS) is 23.9. The van der Waals surface area contributed by atoms with Gasteiger partial charge in [-0.25, -0.2) is 4.79 Å². The first-order chi connectivity index (χ1) is 15.2. The Morgan fingerprint density at radius 2 is 1.81 bits per heavy atom. The van der Waals surface area contributed by atoms with Crippen molar-refractivity contribution in [2.75, 3.05) is 19.6 Å². The molecule has 32 heavy (non-hydrogen) atoms. The van der Waals surface area contributed by atoms with Crippen LogP contribution in [0.5, 0.6) is 0 Å². The van der Waals surface area contributed by atoms with Gasteiger partial charge in [0.15, 0.2) is 0 Å². The van der Waals surface area contributed by atoms with Gasteiger partial charge in [-0.3, -0.25) is 9.59 Å². The Bertz CT molecular complexity index is 804. The molecule has 7 heteroatoms. The number of hydrogen-bond acceptors (Lipinski definition) is 5. The second kappa shape index (κ2) is 10.4. The lowest BCUT2D eigenvalue weighted by Gasteiger charge is -2.43. The van der Waals surface area contributed by atoms with Crippen LogP contribution in [0.1, 0.15) is 58.9 Å². The van der Waals surface area contributed by atoms with E-state index in [1.165, 1.54) is 0 Å². The predicted molar refractivity (Wildman–Crippen MR) is 121 cm³/mol. The third-order valence-electron chi connectivity index (χ3n) is 6.15. The van der Waals surface area contributed by atoms with Crippen molar-refractivity contribution in [3.05, 3.63) is 35.9 Å². The van der Waals surface area contributed by atoms with E-state index in [1.54, 1.807) is 4.90 Å². The summed E-state index contributed by atoms with van der Waals surface area (Å²) in [6.07, 6.45) is 2.76. The van der Waals surface area contributed by atoms with Crippen molar-refractivity contribution in [2.45, 2.75) is 71.6 Å². The van der Waals surface area contributed by atoms with E-state index in [0.29, 0.717) is 32.5 Å². The second-order valence-corrected chi connectivity index (χ2v) is 9.80. The molecule has 0 spiro atoms. The number of carbonyl (C=O) groups excluding carboxylic acids is 3. The van der Waals surface area contributed by atoms with E-state index in [2.05, 4.69) is 6.92 Å². The van der Waals surface area contributed by atoms with Crippen LogP contribution in [0.3, 0.4) is 0 Å². The Morgan fingerprint density at radius 3 is 2.47 bits per heavy atom. The lowest BCUT2D eigenvalue weighted by molar-refractivity contribution is -0.154. The van der Waals surface area contributed by atoms with Gasteiger partial charge < -0.3 is 19.3 Å². The van der Waals surface area contributed by atoms with Gasteiger partial charge in [-0.05, 0) is 51.5 Å². The number of rotatable bonds is 6. The van der Waals surface area contributed by atoms with Crippen molar-refractivity contribution in [1.29, 1.82) is 0 Å². The smallest absolute Gasteiger partial charge is 0.410 e. The number of amides is 2. The summed E-state index contributed by atoms with van der Waals surface area (Å²) in [7, 11) is 0. The molecule has 0 N–H and O–H groups in total. The molecule has 1 aromatic carbocycles. The van der Waals surface area contributed by atoms with E-state index in [9.17, 15) is 14.4 Å². The number of nitrogens with zero attached hydrogens (tertiary/aromatic N) is 2. The van der Waals surface area contributed by atoms with Crippen LogP contribution in [0.15, 0.2) is 30.3 Å². The number of esters is 1. The zero-order valence-electron chi connectivity index (χ0n) is 19.7. The van der Waals surface area contributed by atoms with Crippen LogP contribution in [-0.2, 0) is 25.7 Å². The molecule has 176 valence electrons. The summed E-state index contributed by atoms with van der Waals surface area (Å²) in [5.74, 6) is -1.14. The standard InChI is InChI=1S/C25H36N2O5/c1-5-9-19-16-26(24(30)32-25(2,3)4)14-13-21(19)27-15-12-20(22(27)28)23(29)31-17-18-10-7-6-8-11-18/h6-8,10-11,19-21H,5,9,12-17H2,1-4H3/t19-,20?,21-/m0/s1. The number of hydrogen-bond donors (Lipinski definition) is 0. The van der Waals surface area contributed by atoms with Crippen LogP contribution in [-0.4, -0.2) is 59.0 Å².